The van der Waals surface area contributed by atoms with E-state index in [0.29, 0.717) is 18.3 Å². The highest BCUT2D eigenvalue weighted by molar-refractivity contribution is 5.63. The van der Waals surface area contributed by atoms with Crippen LogP contribution in [0.25, 0.3) is 17.1 Å². The first-order valence-corrected chi connectivity index (χ1v) is 7.21. The van der Waals surface area contributed by atoms with Gasteiger partial charge >= 0.3 is 6.01 Å². The number of aryl methyl sites for hydroxylation is 1. The van der Waals surface area contributed by atoms with Crippen LogP contribution in [0.5, 0.6) is 6.01 Å². The van der Waals surface area contributed by atoms with E-state index in [1.54, 1.807) is 4.68 Å². The molecule has 3 rings (SSSR count). The highest BCUT2D eigenvalue weighted by Crippen LogP contribution is 2.26. The van der Waals surface area contributed by atoms with Gasteiger partial charge in [0.05, 0.1) is 12.3 Å². The molecule has 0 aliphatic heterocycles. The minimum atomic E-state index is 0.373. The molecule has 2 N–H and O–H groups in total. The number of rotatable bonds is 4. The Morgan fingerprint density at radius 3 is 2.50 bits per heavy atom. The lowest BCUT2D eigenvalue weighted by atomic mass is 10.1. The molecule has 0 aliphatic rings. The third-order valence-corrected chi connectivity index (χ3v) is 3.38. The zero-order valence-corrected chi connectivity index (χ0v) is 12.7. The fourth-order valence-electron chi connectivity index (χ4n) is 2.28. The zero-order valence-electron chi connectivity index (χ0n) is 12.7. The first kappa shape index (κ1) is 14.1. The maximum absolute atomic E-state index is 5.76. The van der Waals surface area contributed by atoms with Crippen LogP contribution in [-0.2, 0) is 0 Å². The lowest BCUT2D eigenvalue weighted by molar-refractivity contribution is 0.312. The molecule has 0 saturated heterocycles. The van der Waals surface area contributed by atoms with Gasteiger partial charge in [0, 0.05) is 11.3 Å². The van der Waals surface area contributed by atoms with Gasteiger partial charge in [-0.25, -0.2) is 4.68 Å². The van der Waals surface area contributed by atoms with Crippen molar-refractivity contribution in [3.8, 4) is 23.1 Å². The summed E-state index contributed by atoms with van der Waals surface area (Å²) < 4.78 is 7.25. The summed E-state index contributed by atoms with van der Waals surface area (Å²) >= 11 is 0. The minimum Gasteiger partial charge on any atom is -0.463 e. The van der Waals surface area contributed by atoms with Crippen LogP contribution in [0, 0.1) is 6.92 Å². The number of hydrogen-bond acceptors (Lipinski definition) is 4. The first-order valence-electron chi connectivity index (χ1n) is 7.21. The number of benzene rings is 2. The van der Waals surface area contributed by atoms with E-state index in [0.717, 1.165) is 22.6 Å². The lowest BCUT2D eigenvalue weighted by Crippen LogP contribution is -2.01. The van der Waals surface area contributed by atoms with E-state index in [1.165, 1.54) is 0 Å². The van der Waals surface area contributed by atoms with Gasteiger partial charge in [0.1, 0.15) is 0 Å². The van der Waals surface area contributed by atoms with Gasteiger partial charge in [-0.2, -0.15) is 4.98 Å². The smallest absolute Gasteiger partial charge is 0.336 e. The number of nitrogen functional groups attached to an aromatic ring is 1. The van der Waals surface area contributed by atoms with Crippen LogP contribution in [0.3, 0.4) is 0 Å². The van der Waals surface area contributed by atoms with E-state index in [4.69, 9.17) is 10.5 Å². The van der Waals surface area contributed by atoms with Gasteiger partial charge in [-0.1, -0.05) is 24.3 Å². The maximum atomic E-state index is 5.76. The summed E-state index contributed by atoms with van der Waals surface area (Å²) in [7, 11) is 0. The third kappa shape index (κ3) is 2.65. The van der Waals surface area contributed by atoms with E-state index >= 15 is 0 Å². The molecule has 0 fully saturated rings. The largest absolute Gasteiger partial charge is 0.463 e. The van der Waals surface area contributed by atoms with Crippen molar-refractivity contribution in [1.29, 1.82) is 0 Å². The standard InChI is InChI=1S/C17H18N4O/c1-3-22-17-19-16(15-7-5-4-6-12(15)2)21(20-17)14-10-8-13(18)9-11-14/h4-11H,3,18H2,1-2H3. The van der Waals surface area contributed by atoms with Gasteiger partial charge in [0.25, 0.3) is 0 Å². The molecule has 5 heteroatoms. The molecule has 0 atom stereocenters. The van der Waals surface area contributed by atoms with Gasteiger partial charge in [-0.05, 0) is 43.7 Å². The fourth-order valence-corrected chi connectivity index (χ4v) is 2.28. The number of nitrogens with zero attached hydrogens (tertiary/aromatic N) is 3. The quantitative estimate of drug-likeness (QED) is 0.750. The lowest BCUT2D eigenvalue weighted by Gasteiger charge is -2.08. The van der Waals surface area contributed by atoms with Crippen molar-refractivity contribution >= 4 is 5.69 Å². The van der Waals surface area contributed by atoms with E-state index in [9.17, 15) is 0 Å². The summed E-state index contributed by atoms with van der Waals surface area (Å²) in [5.74, 6) is 0.756. The minimum absolute atomic E-state index is 0.373. The second-order valence-corrected chi connectivity index (χ2v) is 4.97. The number of aromatic nitrogens is 3. The van der Waals surface area contributed by atoms with Crippen molar-refractivity contribution in [2.24, 2.45) is 0 Å². The molecule has 1 aromatic heterocycles. The van der Waals surface area contributed by atoms with E-state index < -0.39 is 0 Å². The van der Waals surface area contributed by atoms with Crippen molar-refractivity contribution in [3.63, 3.8) is 0 Å². The molecule has 0 radical (unpaired) electrons. The number of nitrogens with two attached hydrogens (primary N) is 1. The normalized spacial score (nSPS) is 10.6. The fraction of sp³-hybridized carbons (Fsp3) is 0.176. The van der Waals surface area contributed by atoms with Crippen LogP contribution in [-0.4, -0.2) is 21.4 Å². The van der Waals surface area contributed by atoms with Crippen LogP contribution in [0.2, 0.25) is 0 Å². The van der Waals surface area contributed by atoms with Gasteiger partial charge in [-0.3, -0.25) is 0 Å². The van der Waals surface area contributed by atoms with Crippen molar-refractivity contribution in [2.75, 3.05) is 12.3 Å². The van der Waals surface area contributed by atoms with E-state index in [1.807, 2.05) is 49.4 Å². The van der Waals surface area contributed by atoms with Gasteiger partial charge < -0.3 is 10.5 Å². The van der Waals surface area contributed by atoms with Crippen molar-refractivity contribution in [3.05, 3.63) is 54.1 Å². The predicted octanol–water partition coefficient (Wildman–Crippen LogP) is 3.22. The Kier molecular flexibility index (Phi) is 3.78. The molecule has 0 aliphatic carbocycles. The zero-order chi connectivity index (χ0) is 15.5. The molecule has 0 bridgehead atoms. The topological polar surface area (TPSA) is 66.0 Å². The highest BCUT2D eigenvalue weighted by atomic mass is 16.5. The van der Waals surface area contributed by atoms with Crippen LogP contribution < -0.4 is 10.5 Å². The molecule has 0 unspecified atom stereocenters. The third-order valence-electron chi connectivity index (χ3n) is 3.38. The molecule has 112 valence electrons. The second-order valence-electron chi connectivity index (χ2n) is 4.97. The SMILES string of the molecule is CCOc1nc(-c2ccccc2C)n(-c2ccc(N)cc2)n1. The summed E-state index contributed by atoms with van der Waals surface area (Å²) in [4.78, 5) is 4.53. The van der Waals surface area contributed by atoms with E-state index in [2.05, 4.69) is 23.1 Å². The molecule has 0 spiro atoms. The molecule has 0 amide bonds. The number of anilines is 1. The summed E-state index contributed by atoms with van der Waals surface area (Å²) in [6.07, 6.45) is 0. The average molecular weight is 294 g/mol. The number of ether oxygens (including phenoxy) is 1. The van der Waals surface area contributed by atoms with Crippen molar-refractivity contribution in [1.82, 2.24) is 14.8 Å². The van der Waals surface area contributed by atoms with Gasteiger partial charge in [0.2, 0.25) is 0 Å². The highest BCUT2D eigenvalue weighted by Gasteiger charge is 2.15. The summed E-state index contributed by atoms with van der Waals surface area (Å²) in [6, 6.07) is 16.0. The molecule has 2 aromatic carbocycles. The van der Waals surface area contributed by atoms with Crippen LogP contribution >= 0.6 is 0 Å². The van der Waals surface area contributed by atoms with Crippen LogP contribution in [0.1, 0.15) is 12.5 Å². The van der Waals surface area contributed by atoms with Gasteiger partial charge in [0.15, 0.2) is 5.82 Å². The molecule has 0 saturated carbocycles. The average Bonchev–Trinajstić information content (AvgIpc) is 2.93. The second kappa shape index (κ2) is 5.89. The molecule has 5 nitrogen and oxygen atoms in total. The summed E-state index contributed by atoms with van der Waals surface area (Å²) in [6.45, 7) is 4.49. The Hall–Kier alpha value is -2.82. The van der Waals surface area contributed by atoms with Crippen LogP contribution in [0.4, 0.5) is 5.69 Å². The number of hydrogen-bond donors (Lipinski definition) is 1. The van der Waals surface area contributed by atoms with Gasteiger partial charge in [-0.15, -0.1) is 5.10 Å². The Bertz CT molecular complexity index is 778. The Morgan fingerprint density at radius 1 is 1.09 bits per heavy atom. The molecule has 1 heterocycles. The maximum Gasteiger partial charge on any atom is 0.336 e. The predicted molar refractivity (Wildman–Crippen MR) is 87.1 cm³/mol. The molecule has 3 aromatic rings. The monoisotopic (exact) mass is 294 g/mol. The molecular weight excluding hydrogens is 276 g/mol. The Balaban J connectivity index is 2.16. The van der Waals surface area contributed by atoms with Crippen LogP contribution in [0.15, 0.2) is 48.5 Å². The molecule has 22 heavy (non-hydrogen) atoms. The van der Waals surface area contributed by atoms with Crippen molar-refractivity contribution in [2.45, 2.75) is 13.8 Å². The Morgan fingerprint density at radius 2 is 1.82 bits per heavy atom. The first-order chi connectivity index (χ1) is 10.7. The summed E-state index contributed by atoms with van der Waals surface area (Å²) in [5.41, 5.74) is 9.53. The molecular formula is C17H18N4O. The Labute approximate surface area is 129 Å². The van der Waals surface area contributed by atoms with Crippen molar-refractivity contribution < 1.29 is 4.74 Å². The van der Waals surface area contributed by atoms with E-state index in [-0.39, 0.29) is 0 Å². The summed E-state index contributed by atoms with van der Waals surface area (Å²) in [5, 5.41) is 4.46.